The van der Waals surface area contributed by atoms with Crippen LogP contribution in [-0.4, -0.2) is 51.4 Å². The van der Waals surface area contributed by atoms with Gasteiger partial charge in [0.1, 0.15) is 18.3 Å². The van der Waals surface area contributed by atoms with Crippen molar-refractivity contribution in [3.63, 3.8) is 0 Å². The van der Waals surface area contributed by atoms with Crippen LogP contribution in [0.4, 0.5) is 5.69 Å². The zero-order valence-corrected chi connectivity index (χ0v) is 24.8. The molecule has 0 heterocycles. The van der Waals surface area contributed by atoms with Crippen LogP contribution >= 0.6 is 11.6 Å². The molecule has 0 aliphatic carbocycles. The molecule has 0 spiro atoms. The van der Waals surface area contributed by atoms with Crippen LogP contribution < -0.4 is 14.4 Å². The Morgan fingerprint density at radius 1 is 0.975 bits per heavy atom. The van der Waals surface area contributed by atoms with Crippen molar-refractivity contribution in [2.75, 3.05) is 24.5 Å². The van der Waals surface area contributed by atoms with Crippen LogP contribution in [0.1, 0.15) is 37.8 Å². The third-order valence-electron chi connectivity index (χ3n) is 6.51. The third-order valence-corrected chi connectivity index (χ3v) is 8.55. The lowest BCUT2D eigenvalue weighted by Gasteiger charge is -2.32. The van der Waals surface area contributed by atoms with Crippen LogP contribution in [-0.2, 0) is 26.2 Å². The summed E-state index contributed by atoms with van der Waals surface area (Å²) < 4.78 is 34.0. The van der Waals surface area contributed by atoms with E-state index in [4.69, 9.17) is 16.3 Å². The standard InChI is InChI=1S/C30H36ClN3O5S/c1-5-6-19-32-30(36)23(3)33(20-24-9-11-25(31)12-10-24)29(35)21-34(26-13-15-27(39-4)16-14-26)40(37,38)28-17-7-22(2)8-18-28/h7-18,23H,5-6,19-21H2,1-4H3,(H,32,36)/t23-/m1/s1. The Morgan fingerprint density at radius 2 is 1.60 bits per heavy atom. The van der Waals surface area contributed by atoms with Gasteiger partial charge in [0.05, 0.1) is 17.7 Å². The Bertz CT molecular complexity index is 1380. The third kappa shape index (κ3) is 7.99. The number of methoxy groups -OCH3 is 1. The molecule has 0 unspecified atom stereocenters. The number of carbonyl (C=O) groups excluding carboxylic acids is 2. The second-order valence-electron chi connectivity index (χ2n) is 9.49. The maximum absolute atomic E-state index is 13.9. The molecule has 0 bridgehead atoms. The minimum absolute atomic E-state index is 0.0522. The summed E-state index contributed by atoms with van der Waals surface area (Å²) in [6, 6.07) is 19.0. The van der Waals surface area contributed by atoms with Crippen LogP contribution in [0.15, 0.2) is 77.7 Å². The average Bonchev–Trinajstić information content (AvgIpc) is 2.95. The molecular weight excluding hydrogens is 550 g/mol. The number of unbranched alkanes of at least 4 members (excludes halogenated alkanes) is 1. The summed E-state index contributed by atoms with van der Waals surface area (Å²) in [4.78, 5) is 28.4. The highest BCUT2D eigenvalue weighted by atomic mass is 35.5. The Balaban J connectivity index is 1.99. The van der Waals surface area contributed by atoms with Crippen molar-refractivity contribution in [3.8, 4) is 5.75 Å². The van der Waals surface area contributed by atoms with Gasteiger partial charge in [-0.3, -0.25) is 13.9 Å². The van der Waals surface area contributed by atoms with E-state index in [-0.39, 0.29) is 17.3 Å². The molecule has 40 heavy (non-hydrogen) atoms. The Hall–Kier alpha value is -3.56. The van der Waals surface area contributed by atoms with Crippen LogP contribution in [0, 0.1) is 6.92 Å². The number of aryl methyl sites for hydroxylation is 1. The highest BCUT2D eigenvalue weighted by Crippen LogP contribution is 2.27. The highest BCUT2D eigenvalue weighted by Gasteiger charge is 2.32. The van der Waals surface area contributed by atoms with E-state index in [0.717, 1.165) is 28.3 Å². The maximum Gasteiger partial charge on any atom is 0.264 e. The van der Waals surface area contributed by atoms with Gasteiger partial charge in [0.15, 0.2) is 0 Å². The van der Waals surface area contributed by atoms with E-state index >= 15 is 0 Å². The first-order valence-electron chi connectivity index (χ1n) is 13.1. The number of carbonyl (C=O) groups is 2. The lowest BCUT2D eigenvalue weighted by atomic mass is 10.1. The number of ether oxygens (including phenoxy) is 1. The first kappa shape index (κ1) is 31.0. The summed E-state index contributed by atoms with van der Waals surface area (Å²) in [5.74, 6) is -0.294. The van der Waals surface area contributed by atoms with Crippen molar-refractivity contribution >= 4 is 39.1 Å². The molecule has 0 fully saturated rings. The number of nitrogens with zero attached hydrogens (tertiary/aromatic N) is 2. The molecule has 214 valence electrons. The normalized spacial score (nSPS) is 11.9. The summed E-state index contributed by atoms with van der Waals surface area (Å²) in [5, 5.41) is 3.42. The van der Waals surface area contributed by atoms with Gasteiger partial charge in [-0.25, -0.2) is 8.42 Å². The number of anilines is 1. The summed E-state index contributed by atoms with van der Waals surface area (Å²) in [7, 11) is -2.62. The van der Waals surface area contributed by atoms with Crippen molar-refractivity contribution in [1.82, 2.24) is 10.2 Å². The largest absolute Gasteiger partial charge is 0.497 e. The molecule has 1 atom stereocenters. The van der Waals surface area contributed by atoms with Crippen LogP contribution in [0.3, 0.4) is 0 Å². The molecule has 0 aromatic heterocycles. The van der Waals surface area contributed by atoms with Gasteiger partial charge < -0.3 is 15.0 Å². The van der Waals surface area contributed by atoms with Gasteiger partial charge in [0.25, 0.3) is 10.0 Å². The molecule has 8 nitrogen and oxygen atoms in total. The minimum Gasteiger partial charge on any atom is -0.497 e. The molecule has 3 rings (SSSR count). The van der Waals surface area contributed by atoms with Gasteiger partial charge in [-0.05, 0) is 74.4 Å². The quantitative estimate of drug-likeness (QED) is 0.279. The molecule has 0 radical (unpaired) electrons. The topological polar surface area (TPSA) is 96.0 Å². The van der Waals surface area contributed by atoms with Crippen molar-refractivity contribution in [2.45, 2.75) is 51.1 Å². The van der Waals surface area contributed by atoms with Crippen molar-refractivity contribution < 1.29 is 22.7 Å². The lowest BCUT2D eigenvalue weighted by molar-refractivity contribution is -0.139. The number of amides is 2. The molecule has 10 heteroatoms. The summed E-state index contributed by atoms with van der Waals surface area (Å²) >= 11 is 6.04. The molecule has 0 aliphatic heterocycles. The van der Waals surface area contributed by atoms with E-state index in [2.05, 4.69) is 5.32 Å². The fraction of sp³-hybridized carbons (Fsp3) is 0.333. The van der Waals surface area contributed by atoms with E-state index in [9.17, 15) is 18.0 Å². The predicted molar refractivity (Wildman–Crippen MR) is 158 cm³/mol. The van der Waals surface area contributed by atoms with Gasteiger partial charge >= 0.3 is 0 Å². The average molecular weight is 586 g/mol. The van der Waals surface area contributed by atoms with Crippen molar-refractivity contribution in [2.24, 2.45) is 0 Å². The summed E-state index contributed by atoms with van der Waals surface area (Å²) in [6.45, 7) is 5.60. The van der Waals surface area contributed by atoms with Crippen LogP contribution in [0.2, 0.25) is 5.02 Å². The molecule has 3 aromatic carbocycles. The van der Waals surface area contributed by atoms with Gasteiger partial charge in [0.2, 0.25) is 11.8 Å². The first-order valence-corrected chi connectivity index (χ1v) is 14.9. The van der Waals surface area contributed by atoms with E-state index in [1.807, 2.05) is 13.8 Å². The molecule has 1 N–H and O–H groups in total. The molecule has 0 aliphatic rings. The molecular formula is C30H36ClN3O5S. The predicted octanol–water partition coefficient (Wildman–Crippen LogP) is 5.19. The first-order chi connectivity index (χ1) is 19.1. The maximum atomic E-state index is 13.9. The zero-order chi connectivity index (χ0) is 29.3. The smallest absolute Gasteiger partial charge is 0.264 e. The SMILES string of the molecule is CCCCNC(=O)[C@@H](C)N(Cc1ccc(Cl)cc1)C(=O)CN(c1ccc(OC)cc1)S(=O)(=O)c1ccc(C)cc1. The van der Waals surface area contributed by atoms with Gasteiger partial charge in [0, 0.05) is 18.1 Å². The van der Waals surface area contributed by atoms with Gasteiger partial charge in [-0.15, -0.1) is 0 Å². The molecule has 0 saturated heterocycles. The number of nitrogens with one attached hydrogen (secondary N) is 1. The van der Waals surface area contributed by atoms with Crippen molar-refractivity contribution in [1.29, 1.82) is 0 Å². The minimum atomic E-state index is -4.13. The molecule has 3 aromatic rings. The van der Waals surface area contributed by atoms with E-state index < -0.39 is 28.5 Å². The number of halogens is 1. The fourth-order valence-corrected chi connectivity index (χ4v) is 5.56. The van der Waals surface area contributed by atoms with Gasteiger partial charge in [-0.2, -0.15) is 0 Å². The number of hydrogen-bond donors (Lipinski definition) is 1. The number of sulfonamides is 1. The Kier molecular flexibility index (Phi) is 11.0. The van der Waals surface area contributed by atoms with Gasteiger partial charge in [-0.1, -0.05) is 54.8 Å². The number of benzene rings is 3. The second kappa shape index (κ2) is 14.2. The lowest BCUT2D eigenvalue weighted by Crippen LogP contribution is -2.51. The number of hydrogen-bond acceptors (Lipinski definition) is 5. The summed E-state index contributed by atoms with van der Waals surface area (Å²) in [6.07, 6.45) is 1.72. The monoisotopic (exact) mass is 585 g/mol. The van der Waals surface area contributed by atoms with E-state index in [0.29, 0.717) is 23.0 Å². The highest BCUT2D eigenvalue weighted by molar-refractivity contribution is 7.92. The molecule has 0 saturated carbocycles. The van der Waals surface area contributed by atoms with Crippen LogP contribution in [0.25, 0.3) is 0 Å². The fourth-order valence-electron chi connectivity index (χ4n) is 4.02. The Morgan fingerprint density at radius 3 is 2.17 bits per heavy atom. The zero-order valence-electron chi connectivity index (χ0n) is 23.3. The van der Waals surface area contributed by atoms with Crippen molar-refractivity contribution in [3.05, 3.63) is 88.9 Å². The van der Waals surface area contributed by atoms with E-state index in [1.54, 1.807) is 67.6 Å². The second-order valence-corrected chi connectivity index (χ2v) is 11.8. The Labute approximate surface area is 241 Å². The van der Waals surface area contributed by atoms with Crippen LogP contribution in [0.5, 0.6) is 5.75 Å². The molecule has 2 amide bonds. The number of rotatable bonds is 13. The summed E-state index contributed by atoms with van der Waals surface area (Å²) in [5.41, 5.74) is 1.95. The van der Waals surface area contributed by atoms with E-state index in [1.165, 1.54) is 24.1 Å².